The quantitative estimate of drug-likeness (QED) is 0.437. The van der Waals surface area contributed by atoms with Crippen LogP contribution in [0.3, 0.4) is 0 Å². The molecule has 0 spiro atoms. The van der Waals surface area contributed by atoms with E-state index in [-0.39, 0.29) is 24.9 Å². The first kappa shape index (κ1) is 24.3. The number of ether oxygens (including phenoxy) is 1. The average Bonchev–Trinajstić information content (AvgIpc) is 3.09. The first-order valence-corrected chi connectivity index (χ1v) is 11.4. The van der Waals surface area contributed by atoms with E-state index in [0.29, 0.717) is 32.2 Å². The summed E-state index contributed by atoms with van der Waals surface area (Å²) in [6, 6.07) is 16.4. The SMILES string of the molecule is CC(C)(CCC(=O)O)NC(=O)CCCCNC(=O)OCC1c2ccccc2-c2ccccc21. The third-order valence-corrected chi connectivity index (χ3v) is 5.89. The van der Waals surface area contributed by atoms with E-state index in [1.807, 2.05) is 38.1 Å². The molecule has 176 valence electrons. The highest BCUT2D eigenvalue weighted by atomic mass is 16.5. The molecule has 2 amide bonds. The number of carboxylic acids is 1. The van der Waals surface area contributed by atoms with Gasteiger partial charge < -0.3 is 20.5 Å². The van der Waals surface area contributed by atoms with E-state index in [0.717, 1.165) is 0 Å². The van der Waals surface area contributed by atoms with E-state index in [1.54, 1.807) is 0 Å². The Hall–Kier alpha value is -3.35. The van der Waals surface area contributed by atoms with Crippen LogP contribution >= 0.6 is 0 Å². The van der Waals surface area contributed by atoms with Gasteiger partial charge >= 0.3 is 12.1 Å². The maximum absolute atomic E-state index is 12.2. The molecule has 0 heterocycles. The average molecular weight is 453 g/mol. The van der Waals surface area contributed by atoms with Crippen molar-refractivity contribution in [2.45, 2.75) is 57.4 Å². The van der Waals surface area contributed by atoms with Gasteiger partial charge in [0, 0.05) is 30.8 Å². The van der Waals surface area contributed by atoms with Crippen LogP contribution in [0.5, 0.6) is 0 Å². The van der Waals surface area contributed by atoms with E-state index in [9.17, 15) is 14.4 Å². The number of aliphatic carboxylic acids is 1. The van der Waals surface area contributed by atoms with Crippen LogP contribution in [-0.2, 0) is 14.3 Å². The lowest BCUT2D eigenvalue weighted by molar-refractivity contribution is -0.137. The summed E-state index contributed by atoms with van der Waals surface area (Å²) in [6.07, 6.45) is 1.51. The number of benzene rings is 2. The third kappa shape index (κ3) is 6.81. The summed E-state index contributed by atoms with van der Waals surface area (Å²) in [5, 5.41) is 14.4. The molecule has 7 nitrogen and oxygen atoms in total. The lowest BCUT2D eigenvalue weighted by Crippen LogP contribution is -2.43. The van der Waals surface area contributed by atoms with Crippen LogP contribution in [0.25, 0.3) is 11.1 Å². The second-order valence-electron chi connectivity index (χ2n) is 9.04. The van der Waals surface area contributed by atoms with Gasteiger partial charge in [0.25, 0.3) is 0 Å². The van der Waals surface area contributed by atoms with Gasteiger partial charge in [-0.15, -0.1) is 0 Å². The highest BCUT2D eigenvalue weighted by molar-refractivity contribution is 5.79. The Bertz CT molecular complexity index is 956. The molecule has 2 aromatic carbocycles. The van der Waals surface area contributed by atoms with Crippen molar-refractivity contribution in [2.24, 2.45) is 0 Å². The second kappa shape index (κ2) is 11.0. The largest absolute Gasteiger partial charge is 0.481 e. The van der Waals surface area contributed by atoms with Gasteiger partial charge in [0.15, 0.2) is 0 Å². The van der Waals surface area contributed by atoms with Crippen molar-refractivity contribution < 1.29 is 24.2 Å². The normalized spacial score (nSPS) is 12.5. The molecule has 3 rings (SSSR count). The molecule has 0 fully saturated rings. The summed E-state index contributed by atoms with van der Waals surface area (Å²) in [4.78, 5) is 35.0. The molecule has 0 saturated heterocycles. The molecule has 1 aliphatic carbocycles. The van der Waals surface area contributed by atoms with Crippen molar-refractivity contribution in [3.63, 3.8) is 0 Å². The van der Waals surface area contributed by atoms with E-state index in [4.69, 9.17) is 9.84 Å². The number of nitrogens with one attached hydrogen (secondary N) is 2. The zero-order valence-electron chi connectivity index (χ0n) is 19.2. The monoisotopic (exact) mass is 452 g/mol. The van der Waals surface area contributed by atoms with E-state index in [1.165, 1.54) is 22.3 Å². The highest BCUT2D eigenvalue weighted by Gasteiger charge is 2.29. The minimum atomic E-state index is -0.878. The minimum Gasteiger partial charge on any atom is -0.481 e. The number of unbranched alkanes of at least 4 members (excludes halogenated alkanes) is 1. The highest BCUT2D eigenvalue weighted by Crippen LogP contribution is 2.44. The summed E-state index contributed by atoms with van der Waals surface area (Å²) in [5.41, 5.74) is 4.15. The van der Waals surface area contributed by atoms with Gasteiger partial charge in [-0.25, -0.2) is 4.79 Å². The maximum Gasteiger partial charge on any atom is 0.407 e. The molecular weight excluding hydrogens is 420 g/mol. The molecule has 3 N–H and O–H groups in total. The number of carboxylic acid groups (broad SMARTS) is 1. The molecule has 1 aliphatic rings. The summed E-state index contributed by atoms with van der Waals surface area (Å²) in [7, 11) is 0. The molecule has 0 bridgehead atoms. The van der Waals surface area contributed by atoms with Crippen LogP contribution in [0.2, 0.25) is 0 Å². The Labute approximate surface area is 194 Å². The number of rotatable bonds is 11. The second-order valence-corrected chi connectivity index (χ2v) is 9.04. The summed E-state index contributed by atoms with van der Waals surface area (Å²) >= 11 is 0. The number of hydrogen-bond donors (Lipinski definition) is 3. The Morgan fingerprint density at radius 2 is 1.55 bits per heavy atom. The third-order valence-electron chi connectivity index (χ3n) is 5.89. The number of hydrogen-bond acceptors (Lipinski definition) is 4. The van der Waals surface area contributed by atoms with Gasteiger partial charge in [-0.3, -0.25) is 9.59 Å². The van der Waals surface area contributed by atoms with Crippen LogP contribution in [0.1, 0.15) is 63.0 Å². The van der Waals surface area contributed by atoms with E-state index in [2.05, 4.69) is 34.9 Å². The van der Waals surface area contributed by atoms with Gasteiger partial charge in [-0.2, -0.15) is 0 Å². The topological polar surface area (TPSA) is 105 Å². The van der Waals surface area contributed by atoms with Crippen LogP contribution in [0.4, 0.5) is 4.79 Å². The van der Waals surface area contributed by atoms with Crippen LogP contribution in [-0.4, -0.2) is 41.8 Å². The predicted molar refractivity (Wildman–Crippen MR) is 126 cm³/mol. The molecule has 0 unspecified atom stereocenters. The van der Waals surface area contributed by atoms with Crippen LogP contribution in [0, 0.1) is 0 Å². The lowest BCUT2D eigenvalue weighted by atomic mass is 9.98. The van der Waals surface area contributed by atoms with Gasteiger partial charge in [0.2, 0.25) is 5.91 Å². The first-order valence-electron chi connectivity index (χ1n) is 11.4. The van der Waals surface area contributed by atoms with Gasteiger partial charge in [-0.1, -0.05) is 48.5 Å². The van der Waals surface area contributed by atoms with Crippen molar-refractivity contribution in [1.82, 2.24) is 10.6 Å². The Kier molecular flexibility index (Phi) is 8.09. The molecule has 0 aliphatic heterocycles. The number of amides is 2. The Morgan fingerprint density at radius 3 is 2.15 bits per heavy atom. The van der Waals surface area contributed by atoms with Crippen LogP contribution in [0.15, 0.2) is 48.5 Å². The molecule has 0 atom stereocenters. The van der Waals surface area contributed by atoms with Crippen molar-refractivity contribution in [3.05, 3.63) is 59.7 Å². The standard InChI is InChI=1S/C26H32N2O5/c1-26(2,15-14-24(30)31)28-23(29)13-7-8-16-27-25(32)33-17-22-20-11-5-3-9-18(20)19-10-4-6-12-21(19)22/h3-6,9-12,22H,7-8,13-17H2,1-2H3,(H,27,32)(H,28,29)(H,30,31). The number of alkyl carbamates (subject to hydrolysis) is 1. The fourth-order valence-electron chi connectivity index (χ4n) is 4.17. The molecule has 0 saturated carbocycles. The van der Waals surface area contributed by atoms with E-state index < -0.39 is 17.6 Å². The Morgan fingerprint density at radius 1 is 0.939 bits per heavy atom. The number of carbonyl (C=O) groups is 3. The predicted octanol–water partition coefficient (Wildman–Crippen LogP) is 4.46. The molecule has 2 aromatic rings. The summed E-state index contributed by atoms with van der Waals surface area (Å²) in [6.45, 7) is 4.32. The fraction of sp³-hybridized carbons (Fsp3) is 0.423. The minimum absolute atomic E-state index is 0.0112. The Balaban J connectivity index is 1.36. The van der Waals surface area contributed by atoms with Crippen molar-refractivity contribution in [3.8, 4) is 11.1 Å². The van der Waals surface area contributed by atoms with Crippen molar-refractivity contribution in [1.29, 1.82) is 0 Å². The fourth-order valence-corrected chi connectivity index (χ4v) is 4.17. The summed E-state index contributed by atoms with van der Waals surface area (Å²) < 4.78 is 5.50. The maximum atomic E-state index is 12.2. The molecule has 7 heteroatoms. The zero-order chi connectivity index (χ0) is 23.8. The number of carbonyl (C=O) groups excluding carboxylic acids is 2. The molecule has 33 heavy (non-hydrogen) atoms. The number of fused-ring (bicyclic) bond motifs is 3. The van der Waals surface area contributed by atoms with E-state index >= 15 is 0 Å². The van der Waals surface area contributed by atoms with Gasteiger partial charge in [-0.05, 0) is 55.4 Å². The van der Waals surface area contributed by atoms with Crippen LogP contribution < -0.4 is 10.6 Å². The van der Waals surface area contributed by atoms with Gasteiger partial charge in [0.05, 0.1) is 0 Å². The zero-order valence-corrected chi connectivity index (χ0v) is 19.2. The van der Waals surface area contributed by atoms with Gasteiger partial charge in [0.1, 0.15) is 6.61 Å². The molecular formula is C26H32N2O5. The molecule has 0 aromatic heterocycles. The summed E-state index contributed by atoms with van der Waals surface area (Å²) in [5.74, 6) is -0.973. The van der Waals surface area contributed by atoms with Crippen molar-refractivity contribution >= 4 is 18.0 Å². The smallest absolute Gasteiger partial charge is 0.407 e. The lowest BCUT2D eigenvalue weighted by Gasteiger charge is -2.25. The van der Waals surface area contributed by atoms with Crippen molar-refractivity contribution in [2.75, 3.05) is 13.2 Å². The first-order chi connectivity index (χ1) is 15.8. The molecule has 0 radical (unpaired) electrons.